The van der Waals surface area contributed by atoms with Crippen molar-refractivity contribution in [2.45, 2.75) is 24.3 Å². The number of rotatable bonds is 3. The van der Waals surface area contributed by atoms with Gasteiger partial charge in [0, 0.05) is 35.1 Å². The van der Waals surface area contributed by atoms with Crippen LogP contribution in [0.3, 0.4) is 0 Å². The fourth-order valence-corrected chi connectivity index (χ4v) is 5.88. The predicted octanol–water partition coefficient (Wildman–Crippen LogP) is 4.81. The van der Waals surface area contributed by atoms with Crippen molar-refractivity contribution in [3.63, 3.8) is 0 Å². The molecule has 0 saturated heterocycles. The smallest absolute Gasteiger partial charge is 0.243 e. The van der Waals surface area contributed by atoms with Gasteiger partial charge in [-0.3, -0.25) is 0 Å². The van der Waals surface area contributed by atoms with Gasteiger partial charge in [-0.05, 0) is 30.7 Å². The van der Waals surface area contributed by atoms with E-state index in [-0.39, 0.29) is 6.04 Å². The monoisotopic (exact) mass is 402 g/mol. The van der Waals surface area contributed by atoms with Gasteiger partial charge in [0.2, 0.25) is 10.0 Å². The maximum Gasteiger partial charge on any atom is 0.243 e. The minimum atomic E-state index is -3.65. The molecule has 0 amide bonds. The number of nitrogens with one attached hydrogen (secondary N) is 1. The van der Waals surface area contributed by atoms with Crippen LogP contribution in [0.5, 0.6) is 0 Å². The molecule has 2 heterocycles. The van der Waals surface area contributed by atoms with Gasteiger partial charge in [0.1, 0.15) is 0 Å². The average Bonchev–Trinajstić information content (AvgIpc) is 3.13. The number of aryl methyl sites for hydroxylation is 1. The Hall–Kier alpha value is -2.89. The van der Waals surface area contributed by atoms with Crippen molar-refractivity contribution in [1.82, 2.24) is 9.29 Å². The van der Waals surface area contributed by atoms with Gasteiger partial charge in [0.15, 0.2) is 0 Å². The van der Waals surface area contributed by atoms with Crippen LogP contribution in [0.1, 0.15) is 28.4 Å². The molecule has 1 atom stereocenters. The van der Waals surface area contributed by atoms with E-state index < -0.39 is 10.0 Å². The molecule has 1 aliphatic heterocycles. The highest BCUT2D eigenvalue weighted by Gasteiger charge is 2.39. The second kappa shape index (κ2) is 6.87. The fourth-order valence-electron chi connectivity index (χ4n) is 4.30. The molecule has 4 nitrogen and oxygen atoms in total. The van der Waals surface area contributed by atoms with Crippen molar-refractivity contribution >= 4 is 20.9 Å². The molecule has 146 valence electrons. The zero-order valence-corrected chi connectivity index (χ0v) is 17.0. The highest BCUT2D eigenvalue weighted by atomic mass is 32.2. The summed E-state index contributed by atoms with van der Waals surface area (Å²) in [5.41, 5.74) is 5.26. The summed E-state index contributed by atoms with van der Waals surface area (Å²) >= 11 is 0. The summed E-state index contributed by atoms with van der Waals surface area (Å²) in [5.74, 6) is 0. The van der Waals surface area contributed by atoms with E-state index in [2.05, 4.69) is 17.1 Å². The molecular formula is C24H22N2O2S. The third-order valence-electron chi connectivity index (χ3n) is 5.71. The number of fused-ring (bicyclic) bond motifs is 3. The Labute approximate surface area is 170 Å². The van der Waals surface area contributed by atoms with Crippen molar-refractivity contribution in [1.29, 1.82) is 0 Å². The van der Waals surface area contributed by atoms with Crippen molar-refractivity contribution < 1.29 is 8.42 Å². The van der Waals surface area contributed by atoms with Crippen molar-refractivity contribution in [3.8, 4) is 0 Å². The second-order valence-corrected chi connectivity index (χ2v) is 9.45. The first-order chi connectivity index (χ1) is 14.1. The van der Waals surface area contributed by atoms with Crippen LogP contribution in [-0.2, 0) is 16.4 Å². The Morgan fingerprint density at radius 2 is 1.59 bits per heavy atom. The topological polar surface area (TPSA) is 53.2 Å². The number of hydrogen-bond acceptors (Lipinski definition) is 2. The summed E-state index contributed by atoms with van der Waals surface area (Å²) in [6.07, 6.45) is 0.665. The van der Waals surface area contributed by atoms with E-state index in [1.807, 2.05) is 61.5 Å². The van der Waals surface area contributed by atoms with Gasteiger partial charge in [-0.1, -0.05) is 66.2 Å². The molecule has 3 aromatic carbocycles. The lowest BCUT2D eigenvalue weighted by Gasteiger charge is -2.35. The lowest BCUT2D eigenvalue weighted by Crippen LogP contribution is -2.40. The van der Waals surface area contributed by atoms with E-state index in [1.165, 1.54) is 0 Å². The van der Waals surface area contributed by atoms with E-state index in [9.17, 15) is 8.42 Å². The van der Waals surface area contributed by atoms with Gasteiger partial charge in [-0.2, -0.15) is 4.31 Å². The molecule has 0 saturated carbocycles. The van der Waals surface area contributed by atoms with Crippen LogP contribution in [0.2, 0.25) is 0 Å². The van der Waals surface area contributed by atoms with Gasteiger partial charge >= 0.3 is 0 Å². The number of hydrogen-bond donors (Lipinski definition) is 1. The summed E-state index contributed by atoms with van der Waals surface area (Å²) < 4.78 is 29.0. The molecule has 0 spiro atoms. The molecule has 1 aliphatic rings. The number of sulfonamides is 1. The minimum Gasteiger partial charge on any atom is -0.358 e. The molecule has 4 aromatic rings. The zero-order chi connectivity index (χ0) is 20.0. The first-order valence-electron chi connectivity index (χ1n) is 9.78. The molecule has 0 fully saturated rings. The number of nitrogens with zero attached hydrogens (tertiary/aromatic N) is 1. The average molecular weight is 403 g/mol. The van der Waals surface area contributed by atoms with Gasteiger partial charge in [-0.15, -0.1) is 0 Å². The van der Waals surface area contributed by atoms with Crippen molar-refractivity contribution in [2.24, 2.45) is 0 Å². The molecule has 29 heavy (non-hydrogen) atoms. The Kier molecular flexibility index (Phi) is 4.30. The maximum absolute atomic E-state index is 13.7. The lowest BCUT2D eigenvalue weighted by molar-refractivity contribution is 0.344. The predicted molar refractivity (Wildman–Crippen MR) is 115 cm³/mol. The molecular weight excluding hydrogens is 380 g/mol. The number of benzene rings is 3. The van der Waals surface area contributed by atoms with Gasteiger partial charge < -0.3 is 4.98 Å². The van der Waals surface area contributed by atoms with E-state index in [0.717, 1.165) is 33.3 Å². The number of aromatic amines is 1. The van der Waals surface area contributed by atoms with Crippen molar-refractivity contribution in [3.05, 3.63) is 101 Å². The van der Waals surface area contributed by atoms with Crippen LogP contribution in [-0.4, -0.2) is 24.3 Å². The highest BCUT2D eigenvalue weighted by molar-refractivity contribution is 7.89. The van der Waals surface area contributed by atoms with Gasteiger partial charge in [-0.25, -0.2) is 8.42 Å². The van der Waals surface area contributed by atoms with E-state index in [4.69, 9.17) is 0 Å². The molecule has 0 radical (unpaired) electrons. The third-order valence-corrected chi connectivity index (χ3v) is 7.59. The van der Waals surface area contributed by atoms with Crippen LogP contribution in [0, 0.1) is 6.92 Å². The minimum absolute atomic E-state index is 0.340. The summed E-state index contributed by atoms with van der Waals surface area (Å²) in [6.45, 7) is 2.40. The third kappa shape index (κ3) is 2.98. The Bertz CT molecular complexity index is 1280. The first kappa shape index (κ1) is 18.2. The van der Waals surface area contributed by atoms with Gasteiger partial charge in [0.05, 0.1) is 10.9 Å². The second-order valence-electron chi connectivity index (χ2n) is 7.55. The van der Waals surface area contributed by atoms with Crippen LogP contribution < -0.4 is 0 Å². The molecule has 5 rings (SSSR count). The standard InChI is InChI=1S/C24H22N2O2S/c1-17-11-13-19(14-12-17)29(27,28)26-16-15-22-23(20-9-5-6-10-21(20)25-22)24(26)18-7-3-2-4-8-18/h2-14,24-25H,15-16H2,1H3. The Morgan fingerprint density at radius 1 is 0.897 bits per heavy atom. The summed E-state index contributed by atoms with van der Waals surface area (Å²) in [5, 5.41) is 1.08. The molecule has 1 N–H and O–H groups in total. The Balaban J connectivity index is 1.73. The normalized spacial score (nSPS) is 17.3. The van der Waals surface area contributed by atoms with Crippen LogP contribution in [0.25, 0.3) is 10.9 Å². The lowest BCUT2D eigenvalue weighted by atomic mass is 9.92. The van der Waals surface area contributed by atoms with Crippen LogP contribution in [0.4, 0.5) is 0 Å². The van der Waals surface area contributed by atoms with E-state index >= 15 is 0 Å². The largest absolute Gasteiger partial charge is 0.358 e. The summed E-state index contributed by atoms with van der Waals surface area (Å²) in [4.78, 5) is 3.85. The number of H-pyrrole nitrogens is 1. The summed E-state index contributed by atoms with van der Waals surface area (Å²) in [7, 11) is -3.65. The molecule has 0 aliphatic carbocycles. The molecule has 1 aromatic heterocycles. The first-order valence-corrected chi connectivity index (χ1v) is 11.2. The van der Waals surface area contributed by atoms with E-state index in [0.29, 0.717) is 17.9 Å². The van der Waals surface area contributed by atoms with Crippen molar-refractivity contribution in [2.75, 3.05) is 6.54 Å². The van der Waals surface area contributed by atoms with Gasteiger partial charge in [0.25, 0.3) is 0 Å². The maximum atomic E-state index is 13.7. The summed E-state index contributed by atoms with van der Waals surface area (Å²) in [6, 6.07) is 24.8. The number of para-hydroxylation sites is 1. The SMILES string of the molecule is Cc1ccc(S(=O)(=O)N2CCc3[nH]c4ccccc4c3C2c2ccccc2)cc1. The van der Waals surface area contributed by atoms with Crippen LogP contribution in [0.15, 0.2) is 83.8 Å². The fraction of sp³-hybridized carbons (Fsp3) is 0.167. The Morgan fingerprint density at radius 3 is 2.34 bits per heavy atom. The zero-order valence-electron chi connectivity index (χ0n) is 16.2. The molecule has 1 unspecified atom stereocenters. The number of aromatic nitrogens is 1. The quantitative estimate of drug-likeness (QED) is 0.534. The molecule has 5 heteroatoms. The molecule has 0 bridgehead atoms. The van der Waals surface area contributed by atoms with E-state index in [1.54, 1.807) is 16.4 Å². The van der Waals surface area contributed by atoms with Crippen LogP contribution >= 0.6 is 0 Å². The highest BCUT2D eigenvalue weighted by Crippen LogP contribution is 2.42.